The molecule has 3 rings (SSSR count). The molecule has 0 aliphatic heterocycles. The van der Waals surface area contributed by atoms with E-state index < -0.39 is 0 Å². The summed E-state index contributed by atoms with van der Waals surface area (Å²) >= 11 is 0. The van der Waals surface area contributed by atoms with Crippen molar-refractivity contribution in [3.05, 3.63) is 78.6 Å². The molecule has 3 aromatic rings. The number of para-hydroxylation sites is 1. The lowest BCUT2D eigenvalue weighted by atomic mass is 10.2. The van der Waals surface area contributed by atoms with Crippen LogP contribution in [0.1, 0.15) is 12.2 Å². The molecule has 2 aromatic carbocycles. The van der Waals surface area contributed by atoms with Crippen LogP contribution in [0.2, 0.25) is 0 Å². The zero-order valence-electron chi connectivity index (χ0n) is 14.0. The van der Waals surface area contributed by atoms with Crippen LogP contribution in [0.25, 0.3) is 11.3 Å². The SMILES string of the molecule is O=C(CCc1ccc(-c2ccccc2)o1)NCCOc1ccccc1. The van der Waals surface area contributed by atoms with E-state index in [4.69, 9.17) is 9.15 Å². The maximum absolute atomic E-state index is 11.9. The van der Waals surface area contributed by atoms with Gasteiger partial charge in [-0.25, -0.2) is 0 Å². The van der Waals surface area contributed by atoms with Gasteiger partial charge in [0.25, 0.3) is 0 Å². The summed E-state index contributed by atoms with van der Waals surface area (Å²) in [4.78, 5) is 11.9. The number of furan rings is 1. The highest BCUT2D eigenvalue weighted by Crippen LogP contribution is 2.22. The molecule has 4 nitrogen and oxygen atoms in total. The van der Waals surface area contributed by atoms with Crippen molar-refractivity contribution in [2.45, 2.75) is 12.8 Å². The van der Waals surface area contributed by atoms with Crippen LogP contribution in [-0.2, 0) is 11.2 Å². The number of carbonyl (C=O) groups excluding carboxylic acids is 1. The topological polar surface area (TPSA) is 51.5 Å². The zero-order valence-corrected chi connectivity index (χ0v) is 14.0. The van der Waals surface area contributed by atoms with Gasteiger partial charge in [-0.05, 0) is 24.3 Å². The lowest BCUT2D eigenvalue weighted by Crippen LogP contribution is -2.28. The lowest BCUT2D eigenvalue weighted by Gasteiger charge is -2.07. The van der Waals surface area contributed by atoms with Crippen molar-refractivity contribution in [2.75, 3.05) is 13.2 Å². The molecule has 1 heterocycles. The van der Waals surface area contributed by atoms with Crippen LogP contribution in [-0.4, -0.2) is 19.1 Å². The van der Waals surface area contributed by atoms with Crippen LogP contribution in [0.5, 0.6) is 5.75 Å². The van der Waals surface area contributed by atoms with Crippen molar-refractivity contribution in [1.82, 2.24) is 5.32 Å². The van der Waals surface area contributed by atoms with Gasteiger partial charge in [0, 0.05) is 18.4 Å². The lowest BCUT2D eigenvalue weighted by molar-refractivity contribution is -0.121. The van der Waals surface area contributed by atoms with Crippen LogP contribution in [0, 0.1) is 0 Å². The molecular formula is C21H21NO3. The molecule has 1 aromatic heterocycles. The molecule has 0 saturated heterocycles. The van der Waals surface area contributed by atoms with Crippen molar-refractivity contribution in [3.8, 4) is 17.1 Å². The van der Waals surface area contributed by atoms with Crippen LogP contribution in [0.3, 0.4) is 0 Å². The molecule has 0 aliphatic rings. The number of aryl methyl sites for hydroxylation is 1. The molecule has 0 bridgehead atoms. The minimum atomic E-state index is -0.00526. The number of hydrogen-bond donors (Lipinski definition) is 1. The second kappa shape index (κ2) is 8.73. The third-order valence-corrected chi connectivity index (χ3v) is 3.75. The Labute approximate surface area is 147 Å². The third kappa shape index (κ3) is 5.24. The first kappa shape index (κ1) is 16.8. The summed E-state index contributed by atoms with van der Waals surface area (Å²) in [6.07, 6.45) is 0.977. The van der Waals surface area contributed by atoms with Gasteiger partial charge in [0.15, 0.2) is 0 Å². The number of rotatable bonds is 8. The van der Waals surface area contributed by atoms with E-state index in [-0.39, 0.29) is 5.91 Å². The first-order valence-corrected chi connectivity index (χ1v) is 8.40. The standard InChI is InChI=1S/C21H21NO3/c23-21(22-15-16-24-18-9-5-2-6-10-18)14-12-19-11-13-20(25-19)17-7-3-1-4-8-17/h1-11,13H,12,14-16H2,(H,22,23). The normalized spacial score (nSPS) is 10.4. The maximum Gasteiger partial charge on any atom is 0.220 e. The van der Waals surface area contributed by atoms with Gasteiger partial charge in [-0.15, -0.1) is 0 Å². The van der Waals surface area contributed by atoms with E-state index in [1.54, 1.807) is 0 Å². The van der Waals surface area contributed by atoms with Gasteiger partial charge in [0.05, 0.1) is 6.54 Å². The monoisotopic (exact) mass is 335 g/mol. The second-order valence-electron chi connectivity index (χ2n) is 5.64. The molecule has 1 amide bonds. The average molecular weight is 335 g/mol. The van der Waals surface area contributed by atoms with Gasteiger partial charge >= 0.3 is 0 Å². The number of carbonyl (C=O) groups is 1. The minimum Gasteiger partial charge on any atom is -0.492 e. The third-order valence-electron chi connectivity index (χ3n) is 3.75. The van der Waals surface area contributed by atoms with E-state index in [1.165, 1.54) is 0 Å². The molecule has 0 fully saturated rings. The molecule has 0 saturated carbocycles. The van der Waals surface area contributed by atoms with Crippen molar-refractivity contribution < 1.29 is 13.9 Å². The Kier molecular flexibility index (Phi) is 5.88. The van der Waals surface area contributed by atoms with Gasteiger partial charge in [-0.2, -0.15) is 0 Å². The van der Waals surface area contributed by atoms with Crippen molar-refractivity contribution in [1.29, 1.82) is 0 Å². The summed E-state index contributed by atoms with van der Waals surface area (Å²) in [5.41, 5.74) is 1.04. The number of benzene rings is 2. The van der Waals surface area contributed by atoms with E-state index >= 15 is 0 Å². The van der Waals surface area contributed by atoms with E-state index in [0.717, 1.165) is 22.8 Å². The fraction of sp³-hybridized carbons (Fsp3) is 0.190. The number of nitrogens with one attached hydrogen (secondary N) is 1. The minimum absolute atomic E-state index is 0.00526. The van der Waals surface area contributed by atoms with E-state index in [9.17, 15) is 4.79 Å². The summed E-state index contributed by atoms with van der Waals surface area (Å²) < 4.78 is 11.3. The van der Waals surface area contributed by atoms with Gasteiger partial charge in [-0.3, -0.25) is 4.79 Å². The molecule has 4 heteroatoms. The van der Waals surface area contributed by atoms with E-state index in [1.807, 2.05) is 72.8 Å². The summed E-state index contributed by atoms with van der Waals surface area (Å²) in [6.45, 7) is 0.940. The summed E-state index contributed by atoms with van der Waals surface area (Å²) in [6, 6.07) is 23.3. The number of amides is 1. The molecular weight excluding hydrogens is 314 g/mol. The first-order valence-electron chi connectivity index (χ1n) is 8.40. The second-order valence-corrected chi connectivity index (χ2v) is 5.64. The molecule has 128 valence electrons. The van der Waals surface area contributed by atoms with E-state index in [2.05, 4.69) is 5.32 Å². The highest BCUT2D eigenvalue weighted by Gasteiger charge is 2.07. The Balaban J connectivity index is 1.37. The van der Waals surface area contributed by atoms with Crippen LogP contribution >= 0.6 is 0 Å². The Morgan fingerprint density at radius 1 is 0.920 bits per heavy atom. The highest BCUT2D eigenvalue weighted by atomic mass is 16.5. The molecule has 0 spiro atoms. The molecule has 0 radical (unpaired) electrons. The Morgan fingerprint density at radius 3 is 2.40 bits per heavy atom. The summed E-state index contributed by atoms with van der Waals surface area (Å²) in [5, 5.41) is 2.86. The van der Waals surface area contributed by atoms with Gasteiger partial charge in [-0.1, -0.05) is 48.5 Å². The predicted octanol–water partition coefficient (Wildman–Crippen LogP) is 4.07. The predicted molar refractivity (Wildman–Crippen MR) is 97.4 cm³/mol. The zero-order chi connectivity index (χ0) is 17.3. The fourth-order valence-corrected chi connectivity index (χ4v) is 2.47. The summed E-state index contributed by atoms with van der Waals surface area (Å²) in [7, 11) is 0. The number of ether oxygens (including phenoxy) is 1. The molecule has 25 heavy (non-hydrogen) atoms. The van der Waals surface area contributed by atoms with Gasteiger partial charge in [0.2, 0.25) is 5.91 Å². The van der Waals surface area contributed by atoms with Crippen molar-refractivity contribution >= 4 is 5.91 Å². The molecule has 0 atom stereocenters. The fourth-order valence-electron chi connectivity index (χ4n) is 2.47. The quantitative estimate of drug-likeness (QED) is 0.631. The van der Waals surface area contributed by atoms with Crippen LogP contribution in [0.15, 0.2) is 77.2 Å². The Bertz CT molecular complexity index is 781. The highest BCUT2D eigenvalue weighted by molar-refractivity contribution is 5.76. The van der Waals surface area contributed by atoms with Gasteiger partial charge in [0.1, 0.15) is 23.9 Å². The van der Waals surface area contributed by atoms with Crippen molar-refractivity contribution in [2.24, 2.45) is 0 Å². The first-order chi connectivity index (χ1) is 12.3. The smallest absolute Gasteiger partial charge is 0.220 e. The molecule has 0 aliphatic carbocycles. The summed E-state index contributed by atoms with van der Waals surface area (Å²) in [5.74, 6) is 2.44. The van der Waals surface area contributed by atoms with Crippen LogP contribution in [0.4, 0.5) is 0 Å². The molecule has 1 N–H and O–H groups in total. The molecule has 0 unspecified atom stereocenters. The van der Waals surface area contributed by atoms with Gasteiger partial charge < -0.3 is 14.5 Å². The van der Waals surface area contributed by atoms with Crippen LogP contribution < -0.4 is 10.1 Å². The Hall–Kier alpha value is -3.01. The Morgan fingerprint density at radius 2 is 1.64 bits per heavy atom. The number of hydrogen-bond acceptors (Lipinski definition) is 3. The largest absolute Gasteiger partial charge is 0.492 e. The van der Waals surface area contributed by atoms with E-state index in [0.29, 0.717) is 26.0 Å². The maximum atomic E-state index is 11.9. The van der Waals surface area contributed by atoms with Crippen molar-refractivity contribution in [3.63, 3.8) is 0 Å². The average Bonchev–Trinajstić information content (AvgIpc) is 3.14.